The number of nitriles is 1. The van der Waals surface area contributed by atoms with E-state index >= 15 is 0 Å². The van der Waals surface area contributed by atoms with Crippen molar-refractivity contribution in [3.63, 3.8) is 0 Å². The van der Waals surface area contributed by atoms with Gasteiger partial charge in [-0.15, -0.1) is 10.2 Å². The van der Waals surface area contributed by atoms with Gasteiger partial charge < -0.3 is 4.57 Å². The van der Waals surface area contributed by atoms with E-state index in [1.807, 2.05) is 18.2 Å². The van der Waals surface area contributed by atoms with Crippen molar-refractivity contribution >= 4 is 15.7 Å². The van der Waals surface area contributed by atoms with Gasteiger partial charge in [0, 0.05) is 24.2 Å². The molecular weight excluding hydrogens is 386 g/mol. The van der Waals surface area contributed by atoms with E-state index < -0.39 is 10.0 Å². The molecule has 1 aliphatic heterocycles. The van der Waals surface area contributed by atoms with Gasteiger partial charge in [0.25, 0.3) is 0 Å². The number of rotatable bonds is 5. The standard InChI is InChI=1S/C21H21N5O2S/c22-14-16-8-10-17(11-9-16)15-29(27,28)25-19-6-4-5-18(13-19)21-24-23-20-7-2-1-3-12-26(20)21/h4-6,8-11,13,25H,1-3,7,12,15H2. The van der Waals surface area contributed by atoms with Crippen molar-refractivity contribution in [2.24, 2.45) is 0 Å². The highest BCUT2D eigenvalue weighted by atomic mass is 32.2. The van der Waals surface area contributed by atoms with Gasteiger partial charge in [-0.25, -0.2) is 8.42 Å². The molecule has 0 atom stereocenters. The first-order valence-corrected chi connectivity index (χ1v) is 11.2. The summed E-state index contributed by atoms with van der Waals surface area (Å²) in [5.41, 5.74) is 2.45. The third-order valence-electron chi connectivity index (χ3n) is 4.94. The van der Waals surface area contributed by atoms with Gasteiger partial charge in [-0.2, -0.15) is 5.26 Å². The lowest BCUT2D eigenvalue weighted by Gasteiger charge is -2.11. The van der Waals surface area contributed by atoms with Crippen molar-refractivity contribution in [3.8, 4) is 17.5 Å². The molecule has 0 bridgehead atoms. The van der Waals surface area contributed by atoms with Crippen LogP contribution in [-0.4, -0.2) is 23.2 Å². The molecule has 148 valence electrons. The molecule has 0 spiro atoms. The third kappa shape index (κ3) is 4.46. The number of hydrogen-bond acceptors (Lipinski definition) is 5. The lowest BCUT2D eigenvalue weighted by atomic mass is 10.2. The molecule has 29 heavy (non-hydrogen) atoms. The molecule has 0 unspecified atom stereocenters. The Morgan fingerprint density at radius 1 is 1.07 bits per heavy atom. The summed E-state index contributed by atoms with van der Waals surface area (Å²) in [6.07, 6.45) is 4.31. The molecular formula is C21H21N5O2S. The SMILES string of the molecule is N#Cc1ccc(CS(=O)(=O)Nc2cccc(-c3nnc4n3CCCCC4)c2)cc1. The summed E-state index contributed by atoms with van der Waals surface area (Å²) in [5.74, 6) is 1.60. The van der Waals surface area contributed by atoms with Crippen LogP contribution in [0.1, 0.15) is 36.2 Å². The maximum absolute atomic E-state index is 12.6. The Balaban J connectivity index is 1.54. The average Bonchev–Trinajstić information content (AvgIpc) is 2.96. The number of fused-ring (bicyclic) bond motifs is 1. The van der Waals surface area contributed by atoms with Crippen molar-refractivity contribution in [1.29, 1.82) is 5.26 Å². The molecule has 3 aromatic rings. The predicted octanol–water partition coefficient (Wildman–Crippen LogP) is 3.49. The van der Waals surface area contributed by atoms with E-state index in [1.54, 1.807) is 36.4 Å². The Morgan fingerprint density at radius 2 is 1.90 bits per heavy atom. The Labute approximate surface area is 170 Å². The molecule has 0 radical (unpaired) electrons. The van der Waals surface area contributed by atoms with Crippen molar-refractivity contribution in [2.75, 3.05) is 4.72 Å². The number of anilines is 1. The van der Waals surface area contributed by atoms with Gasteiger partial charge in [0.2, 0.25) is 10.0 Å². The fourth-order valence-corrected chi connectivity index (χ4v) is 4.72. The van der Waals surface area contributed by atoms with Gasteiger partial charge in [-0.3, -0.25) is 4.72 Å². The molecule has 4 rings (SSSR count). The van der Waals surface area contributed by atoms with Crippen LogP contribution in [0.5, 0.6) is 0 Å². The zero-order valence-corrected chi connectivity index (χ0v) is 16.7. The molecule has 2 aromatic carbocycles. The minimum atomic E-state index is -3.59. The highest BCUT2D eigenvalue weighted by Gasteiger charge is 2.17. The first kappa shape index (κ1) is 19.2. The summed E-state index contributed by atoms with van der Waals surface area (Å²) in [6, 6.07) is 15.8. The zero-order valence-electron chi connectivity index (χ0n) is 15.9. The lowest BCUT2D eigenvalue weighted by molar-refractivity contribution is 0.600. The third-order valence-corrected chi connectivity index (χ3v) is 6.20. The van der Waals surface area contributed by atoms with E-state index in [0.29, 0.717) is 16.8 Å². The van der Waals surface area contributed by atoms with E-state index in [1.165, 1.54) is 6.42 Å². The second-order valence-electron chi connectivity index (χ2n) is 7.15. The van der Waals surface area contributed by atoms with Crippen LogP contribution in [0, 0.1) is 11.3 Å². The number of aryl methyl sites for hydroxylation is 1. The van der Waals surface area contributed by atoms with Crippen LogP contribution in [0.25, 0.3) is 11.4 Å². The maximum Gasteiger partial charge on any atom is 0.236 e. The Morgan fingerprint density at radius 3 is 2.69 bits per heavy atom. The van der Waals surface area contributed by atoms with Gasteiger partial charge in [-0.05, 0) is 42.7 Å². The summed E-state index contributed by atoms with van der Waals surface area (Å²) >= 11 is 0. The molecule has 1 aliphatic rings. The van der Waals surface area contributed by atoms with Crippen LogP contribution >= 0.6 is 0 Å². The van der Waals surface area contributed by atoms with E-state index in [9.17, 15) is 8.42 Å². The summed E-state index contributed by atoms with van der Waals surface area (Å²) in [7, 11) is -3.59. The summed E-state index contributed by atoms with van der Waals surface area (Å²) in [5, 5.41) is 17.5. The maximum atomic E-state index is 12.6. The van der Waals surface area contributed by atoms with Gasteiger partial charge >= 0.3 is 0 Å². The Hall–Kier alpha value is -3.18. The molecule has 1 aromatic heterocycles. The first-order valence-electron chi connectivity index (χ1n) is 9.56. The minimum Gasteiger partial charge on any atom is -0.311 e. The molecule has 1 N–H and O–H groups in total. The molecule has 2 heterocycles. The van der Waals surface area contributed by atoms with E-state index in [4.69, 9.17) is 5.26 Å². The highest BCUT2D eigenvalue weighted by molar-refractivity contribution is 7.91. The van der Waals surface area contributed by atoms with Gasteiger partial charge in [-0.1, -0.05) is 30.7 Å². The smallest absolute Gasteiger partial charge is 0.236 e. The van der Waals surface area contributed by atoms with Crippen molar-refractivity contribution in [1.82, 2.24) is 14.8 Å². The number of benzene rings is 2. The molecule has 8 heteroatoms. The molecule has 0 aliphatic carbocycles. The first-order chi connectivity index (χ1) is 14.0. The second kappa shape index (κ2) is 8.05. The van der Waals surface area contributed by atoms with E-state index in [2.05, 4.69) is 19.5 Å². The number of hydrogen-bond donors (Lipinski definition) is 1. The van der Waals surface area contributed by atoms with Crippen LogP contribution < -0.4 is 4.72 Å². The van der Waals surface area contributed by atoms with Crippen LogP contribution in [0.15, 0.2) is 48.5 Å². The average molecular weight is 407 g/mol. The van der Waals surface area contributed by atoms with Crippen LogP contribution in [0.2, 0.25) is 0 Å². The quantitative estimate of drug-likeness (QED) is 0.698. The molecule has 0 saturated carbocycles. The fourth-order valence-electron chi connectivity index (χ4n) is 3.53. The molecule has 0 fully saturated rings. The van der Waals surface area contributed by atoms with Gasteiger partial charge in [0.05, 0.1) is 17.4 Å². The van der Waals surface area contributed by atoms with Crippen molar-refractivity contribution in [2.45, 2.75) is 38.0 Å². The molecule has 0 saturated heterocycles. The Kier molecular flexibility index (Phi) is 5.32. The van der Waals surface area contributed by atoms with Crippen LogP contribution in [0.3, 0.4) is 0 Å². The molecule has 7 nitrogen and oxygen atoms in total. The van der Waals surface area contributed by atoms with Crippen molar-refractivity contribution in [3.05, 3.63) is 65.5 Å². The van der Waals surface area contributed by atoms with Crippen LogP contribution in [-0.2, 0) is 28.7 Å². The fraction of sp³-hybridized carbons (Fsp3) is 0.286. The number of nitrogens with zero attached hydrogens (tertiary/aromatic N) is 4. The van der Waals surface area contributed by atoms with Crippen molar-refractivity contribution < 1.29 is 8.42 Å². The van der Waals surface area contributed by atoms with E-state index in [0.717, 1.165) is 43.0 Å². The minimum absolute atomic E-state index is 0.163. The predicted molar refractivity (Wildman–Crippen MR) is 110 cm³/mol. The molecule has 0 amide bonds. The number of nitrogens with one attached hydrogen (secondary N) is 1. The summed E-state index contributed by atoms with van der Waals surface area (Å²) in [4.78, 5) is 0. The topological polar surface area (TPSA) is 101 Å². The normalized spacial score (nSPS) is 13.9. The zero-order chi connectivity index (χ0) is 20.3. The number of aromatic nitrogens is 3. The summed E-state index contributed by atoms with van der Waals surface area (Å²) in [6.45, 7) is 0.881. The monoisotopic (exact) mass is 407 g/mol. The largest absolute Gasteiger partial charge is 0.311 e. The van der Waals surface area contributed by atoms with Gasteiger partial charge in [0.15, 0.2) is 5.82 Å². The van der Waals surface area contributed by atoms with Crippen LogP contribution in [0.4, 0.5) is 5.69 Å². The highest BCUT2D eigenvalue weighted by Crippen LogP contribution is 2.25. The van der Waals surface area contributed by atoms with Gasteiger partial charge in [0.1, 0.15) is 5.82 Å². The lowest BCUT2D eigenvalue weighted by Crippen LogP contribution is -2.15. The second-order valence-corrected chi connectivity index (χ2v) is 8.88. The Bertz CT molecular complexity index is 1160. The van der Waals surface area contributed by atoms with E-state index in [-0.39, 0.29) is 5.75 Å². The number of sulfonamides is 1. The summed E-state index contributed by atoms with van der Waals surface area (Å²) < 4.78 is 30.0.